The maximum atomic E-state index is 12.8. The second-order valence-corrected chi connectivity index (χ2v) is 8.34. The maximum Gasteiger partial charge on any atom is 0.293 e. The normalized spacial score (nSPS) is 15.9. The number of rotatable bonds is 7. The van der Waals surface area contributed by atoms with E-state index in [9.17, 15) is 18.5 Å². The second kappa shape index (κ2) is 8.38. The molecule has 3 N–H and O–H groups in total. The highest BCUT2D eigenvalue weighted by atomic mass is 35.5. The van der Waals surface area contributed by atoms with Crippen molar-refractivity contribution < 1.29 is 22.8 Å². The predicted molar refractivity (Wildman–Crippen MR) is 98.6 cm³/mol. The number of fused-ring (bicyclic) bond motifs is 1. The van der Waals surface area contributed by atoms with Crippen LogP contribution in [-0.4, -0.2) is 38.6 Å². The van der Waals surface area contributed by atoms with Gasteiger partial charge in [0.2, 0.25) is 10.0 Å². The Morgan fingerprint density at radius 3 is 2.31 bits per heavy atom. The molecule has 26 heavy (non-hydrogen) atoms. The van der Waals surface area contributed by atoms with E-state index in [-0.39, 0.29) is 49.6 Å². The number of sulfonamides is 1. The number of benzene rings is 1. The van der Waals surface area contributed by atoms with Gasteiger partial charge in [-0.25, -0.2) is 13.1 Å². The number of hydrogen-bond donors (Lipinski definition) is 2. The fourth-order valence-corrected chi connectivity index (χ4v) is 4.46. The van der Waals surface area contributed by atoms with Crippen molar-refractivity contribution in [2.75, 3.05) is 19.8 Å². The second-order valence-electron chi connectivity index (χ2n) is 6.69. The van der Waals surface area contributed by atoms with E-state index in [1.165, 1.54) is 0 Å². The lowest BCUT2D eigenvalue weighted by atomic mass is 9.92. The Kier molecular flexibility index (Phi) is 7.23. The molecule has 0 aliphatic carbocycles. The van der Waals surface area contributed by atoms with E-state index in [1.54, 1.807) is 6.92 Å². The molecule has 1 aliphatic heterocycles. The molecule has 148 valence electrons. The van der Waals surface area contributed by atoms with Crippen LogP contribution in [0.5, 0.6) is 11.5 Å². The minimum atomic E-state index is -4.19. The summed E-state index contributed by atoms with van der Waals surface area (Å²) >= 11 is 0. The van der Waals surface area contributed by atoms with Crippen molar-refractivity contribution in [3.63, 3.8) is 0 Å². The number of nitrogens with two attached hydrogens (primary N) is 1. The lowest BCUT2D eigenvalue weighted by Gasteiger charge is -2.30. The molecule has 1 unspecified atom stereocenters. The standard InChI is InChI=1S/C15H23N3O6S.ClH/c1-10(2)8-15(3,9-16)17-25(21,22)14-7-13-12(23-4-5-24-13)6-11(14)18(19)20;/h6-7,10,17H,4-5,8-9,16H2,1-3H3;1H. The summed E-state index contributed by atoms with van der Waals surface area (Å²) in [5.74, 6) is 0.503. The van der Waals surface area contributed by atoms with E-state index in [0.717, 1.165) is 12.1 Å². The van der Waals surface area contributed by atoms with Gasteiger partial charge < -0.3 is 15.2 Å². The van der Waals surface area contributed by atoms with Crippen molar-refractivity contribution >= 4 is 28.1 Å². The van der Waals surface area contributed by atoms with Crippen LogP contribution in [0.15, 0.2) is 17.0 Å². The van der Waals surface area contributed by atoms with Gasteiger partial charge in [-0.15, -0.1) is 12.4 Å². The third-order valence-electron chi connectivity index (χ3n) is 3.80. The Morgan fingerprint density at radius 2 is 1.85 bits per heavy atom. The molecule has 0 saturated heterocycles. The molecule has 1 atom stereocenters. The first-order valence-corrected chi connectivity index (χ1v) is 9.38. The molecular weight excluding hydrogens is 386 g/mol. The zero-order valence-corrected chi connectivity index (χ0v) is 16.5. The predicted octanol–water partition coefficient (Wildman–Crippen LogP) is 1.83. The molecule has 0 spiro atoms. The highest BCUT2D eigenvalue weighted by molar-refractivity contribution is 7.89. The van der Waals surface area contributed by atoms with Crippen LogP contribution in [0, 0.1) is 16.0 Å². The first kappa shape index (κ1) is 22.4. The van der Waals surface area contributed by atoms with Crippen LogP contribution in [0.25, 0.3) is 0 Å². The smallest absolute Gasteiger partial charge is 0.293 e. The van der Waals surface area contributed by atoms with Crippen molar-refractivity contribution in [3.05, 3.63) is 22.2 Å². The van der Waals surface area contributed by atoms with Crippen molar-refractivity contribution in [2.45, 2.75) is 37.6 Å². The molecule has 0 bridgehead atoms. The number of nitrogens with one attached hydrogen (secondary N) is 1. The molecular formula is C15H24ClN3O6S. The summed E-state index contributed by atoms with van der Waals surface area (Å²) < 4.78 is 38.8. The minimum absolute atomic E-state index is 0. The van der Waals surface area contributed by atoms with Crippen LogP contribution >= 0.6 is 12.4 Å². The van der Waals surface area contributed by atoms with Gasteiger partial charge in [0.1, 0.15) is 13.2 Å². The van der Waals surface area contributed by atoms with Crippen LogP contribution in [0.1, 0.15) is 27.2 Å². The molecule has 11 heteroatoms. The lowest BCUT2D eigenvalue weighted by molar-refractivity contribution is -0.388. The summed E-state index contributed by atoms with van der Waals surface area (Å²) in [6.45, 7) is 6.10. The van der Waals surface area contributed by atoms with Gasteiger partial charge in [0.25, 0.3) is 5.69 Å². The molecule has 1 heterocycles. The SMILES string of the molecule is CC(C)CC(C)(CN)NS(=O)(=O)c1cc2c(cc1[N+](=O)[O-])OCCO2.Cl. The van der Waals surface area contributed by atoms with Gasteiger partial charge >= 0.3 is 0 Å². The average molecular weight is 410 g/mol. The molecule has 0 fully saturated rings. The summed E-state index contributed by atoms with van der Waals surface area (Å²) in [6.07, 6.45) is 0.487. The van der Waals surface area contributed by atoms with Crippen LogP contribution in [-0.2, 0) is 10.0 Å². The molecule has 1 aromatic rings. The lowest BCUT2D eigenvalue weighted by Crippen LogP contribution is -2.52. The summed E-state index contributed by atoms with van der Waals surface area (Å²) in [7, 11) is -4.19. The average Bonchev–Trinajstić information content (AvgIpc) is 2.52. The quantitative estimate of drug-likeness (QED) is 0.518. The zero-order chi connectivity index (χ0) is 18.8. The zero-order valence-electron chi connectivity index (χ0n) is 14.9. The number of nitro benzene ring substituents is 1. The van der Waals surface area contributed by atoms with E-state index in [1.807, 2.05) is 13.8 Å². The molecule has 9 nitrogen and oxygen atoms in total. The van der Waals surface area contributed by atoms with Crippen molar-refractivity contribution in [1.29, 1.82) is 0 Å². The molecule has 1 aromatic carbocycles. The first-order valence-electron chi connectivity index (χ1n) is 7.90. The number of nitro groups is 1. The van der Waals surface area contributed by atoms with Gasteiger partial charge in [-0.3, -0.25) is 10.1 Å². The van der Waals surface area contributed by atoms with Crippen LogP contribution in [0.4, 0.5) is 5.69 Å². The molecule has 0 saturated carbocycles. The summed E-state index contributed by atoms with van der Waals surface area (Å²) in [4.78, 5) is 10.1. The monoisotopic (exact) mass is 409 g/mol. The third kappa shape index (κ3) is 4.97. The van der Waals surface area contributed by atoms with Gasteiger partial charge in [0, 0.05) is 18.2 Å². The summed E-state index contributed by atoms with van der Waals surface area (Å²) in [6, 6.07) is 2.20. The van der Waals surface area contributed by atoms with Crippen molar-refractivity contribution in [1.82, 2.24) is 4.72 Å². The Balaban J connectivity index is 0.00000338. The molecule has 0 amide bonds. The van der Waals surface area contributed by atoms with Gasteiger partial charge in [-0.2, -0.15) is 0 Å². The van der Waals surface area contributed by atoms with Gasteiger partial charge in [-0.1, -0.05) is 13.8 Å². The van der Waals surface area contributed by atoms with Crippen LogP contribution in [0.2, 0.25) is 0 Å². The van der Waals surface area contributed by atoms with E-state index in [4.69, 9.17) is 15.2 Å². The fourth-order valence-electron chi connectivity index (χ4n) is 2.86. The van der Waals surface area contributed by atoms with E-state index in [2.05, 4.69) is 4.72 Å². The highest BCUT2D eigenvalue weighted by Crippen LogP contribution is 2.39. The first-order chi connectivity index (χ1) is 11.6. The Morgan fingerprint density at radius 1 is 1.31 bits per heavy atom. The third-order valence-corrected chi connectivity index (χ3v) is 5.47. The number of hydrogen-bond acceptors (Lipinski definition) is 7. The fraction of sp³-hybridized carbons (Fsp3) is 0.600. The summed E-state index contributed by atoms with van der Waals surface area (Å²) in [5, 5.41) is 11.4. The topological polar surface area (TPSA) is 134 Å². The molecule has 2 rings (SSSR count). The van der Waals surface area contributed by atoms with E-state index < -0.39 is 31.1 Å². The number of ether oxygens (including phenoxy) is 2. The summed E-state index contributed by atoms with van der Waals surface area (Å²) in [5.41, 5.74) is 4.25. The largest absolute Gasteiger partial charge is 0.486 e. The van der Waals surface area contributed by atoms with Crippen LogP contribution < -0.4 is 19.9 Å². The molecule has 0 aromatic heterocycles. The Bertz CT molecular complexity index is 771. The Labute approximate surface area is 158 Å². The van der Waals surface area contributed by atoms with Crippen molar-refractivity contribution in [2.24, 2.45) is 11.7 Å². The van der Waals surface area contributed by atoms with Crippen LogP contribution in [0.3, 0.4) is 0 Å². The molecule has 0 radical (unpaired) electrons. The van der Waals surface area contributed by atoms with E-state index in [0.29, 0.717) is 6.42 Å². The van der Waals surface area contributed by atoms with Gasteiger partial charge in [0.15, 0.2) is 16.4 Å². The molecule has 1 aliphatic rings. The van der Waals surface area contributed by atoms with Gasteiger partial charge in [0.05, 0.1) is 11.0 Å². The highest BCUT2D eigenvalue weighted by Gasteiger charge is 2.35. The minimum Gasteiger partial charge on any atom is -0.486 e. The maximum absolute atomic E-state index is 12.8. The number of nitrogens with zero attached hydrogens (tertiary/aromatic N) is 1. The van der Waals surface area contributed by atoms with Crippen molar-refractivity contribution in [3.8, 4) is 11.5 Å². The van der Waals surface area contributed by atoms with Gasteiger partial charge in [-0.05, 0) is 19.3 Å². The Hall–Kier alpha value is -1.62. The van der Waals surface area contributed by atoms with E-state index >= 15 is 0 Å². The number of halogens is 1.